The van der Waals surface area contributed by atoms with Crippen LogP contribution in [0.4, 0.5) is 5.69 Å². The molecular weight excluding hydrogens is 246 g/mol. The molecule has 0 unspecified atom stereocenters. The van der Waals surface area contributed by atoms with Crippen LogP contribution in [0.5, 0.6) is 0 Å². The van der Waals surface area contributed by atoms with E-state index in [0.717, 1.165) is 44.3 Å². The van der Waals surface area contributed by atoms with Gasteiger partial charge in [-0.2, -0.15) is 0 Å². The van der Waals surface area contributed by atoms with Crippen molar-refractivity contribution in [1.29, 1.82) is 0 Å². The molecule has 0 aromatic heterocycles. The van der Waals surface area contributed by atoms with Crippen LogP contribution in [0.3, 0.4) is 0 Å². The van der Waals surface area contributed by atoms with Crippen LogP contribution in [-0.2, 0) is 0 Å². The van der Waals surface area contributed by atoms with E-state index < -0.39 is 0 Å². The molecule has 1 heterocycles. The van der Waals surface area contributed by atoms with Gasteiger partial charge in [-0.3, -0.25) is 4.90 Å². The zero-order valence-corrected chi connectivity index (χ0v) is 12.0. The number of rotatable bonds is 4. The van der Waals surface area contributed by atoms with E-state index >= 15 is 0 Å². The SMILES string of the molecule is CNCCN1CCN(c2cc(Cl)ccc2C)CC1. The van der Waals surface area contributed by atoms with Crippen LogP contribution < -0.4 is 10.2 Å². The third-order valence-corrected chi connectivity index (χ3v) is 3.80. The van der Waals surface area contributed by atoms with Crippen LogP contribution in [0, 0.1) is 6.92 Å². The monoisotopic (exact) mass is 267 g/mol. The molecule has 0 radical (unpaired) electrons. The van der Waals surface area contributed by atoms with Gasteiger partial charge in [-0.15, -0.1) is 0 Å². The van der Waals surface area contributed by atoms with Crippen LogP contribution in [0.25, 0.3) is 0 Å². The number of likely N-dealkylation sites (N-methyl/N-ethyl adjacent to an activating group) is 1. The molecule has 1 N–H and O–H groups in total. The summed E-state index contributed by atoms with van der Waals surface area (Å²) in [5.41, 5.74) is 2.60. The van der Waals surface area contributed by atoms with Crippen molar-refractivity contribution in [1.82, 2.24) is 10.2 Å². The Morgan fingerprint density at radius 1 is 1.22 bits per heavy atom. The fraction of sp³-hybridized carbons (Fsp3) is 0.571. The first-order valence-corrected chi connectivity index (χ1v) is 6.96. The topological polar surface area (TPSA) is 18.5 Å². The van der Waals surface area contributed by atoms with Crippen molar-refractivity contribution < 1.29 is 0 Å². The minimum atomic E-state index is 0.827. The molecule has 0 spiro atoms. The molecular formula is C14H22ClN3. The summed E-state index contributed by atoms with van der Waals surface area (Å²) in [6, 6.07) is 6.15. The second-order valence-corrected chi connectivity index (χ2v) is 5.30. The summed E-state index contributed by atoms with van der Waals surface area (Å²) in [5.74, 6) is 0. The molecule has 0 bridgehead atoms. The highest BCUT2D eigenvalue weighted by Gasteiger charge is 2.17. The van der Waals surface area contributed by atoms with Crippen LogP contribution in [0.2, 0.25) is 5.02 Å². The van der Waals surface area contributed by atoms with E-state index in [1.807, 2.05) is 13.1 Å². The van der Waals surface area contributed by atoms with Crippen LogP contribution in [-0.4, -0.2) is 51.2 Å². The smallest absolute Gasteiger partial charge is 0.0426 e. The predicted molar refractivity (Wildman–Crippen MR) is 78.8 cm³/mol. The first-order valence-electron chi connectivity index (χ1n) is 6.59. The van der Waals surface area contributed by atoms with E-state index in [4.69, 9.17) is 11.6 Å². The van der Waals surface area contributed by atoms with E-state index in [9.17, 15) is 0 Å². The van der Waals surface area contributed by atoms with E-state index in [1.165, 1.54) is 11.3 Å². The van der Waals surface area contributed by atoms with Crippen molar-refractivity contribution in [2.24, 2.45) is 0 Å². The number of hydrogen-bond acceptors (Lipinski definition) is 3. The molecule has 1 aromatic carbocycles. The van der Waals surface area contributed by atoms with Gasteiger partial charge in [0.05, 0.1) is 0 Å². The highest BCUT2D eigenvalue weighted by Crippen LogP contribution is 2.25. The number of piperazine rings is 1. The number of nitrogens with zero attached hydrogens (tertiary/aromatic N) is 2. The van der Waals surface area contributed by atoms with Gasteiger partial charge in [0, 0.05) is 50.0 Å². The number of benzene rings is 1. The quantitative estimate of drug-likeness (QED) is 0.900. The summed E-state index contributed by atoms with van der Waals surface area (Å²) in [4.78, 5) is 4.95. The fourth-order valence-corrected chi connectivity index (χ4v) is 2.57. The van der Waals surface area contributed by atoms with Gasteiger partial charge >= 0.3 is 0 Å². The van der Waals surface area contributed by atoms with Crippen molar-refractivity contribution in [2.45, 2.75) is 6.92 Å². The summed E-state index contributed by atoms with van der Waals surface area (Å²) < 4.78 is 0. The largest absolute Gasteiger partial charge is 0.369 e. The molecule has 0 amide bonds. The number of anilines is 1. The lowest BCUT2D eigenvalue weighted by molar-refractivity contribution is 0.259. The van der Waals surface area contributed by atoms with E-state index in [1.54, 1.807) is 0 Å². The Morgan fingerprint density at radius 2 is 1.94 bits per heavy atom. The minimum absolute atomic E-state index is 0.827. The maximum Gasteiger partial charge on any atom is 0.0426 e. The fourth-order valence-electron chi connectivity index (χ4n) is 2.41. The van der Waals surface area contributed by atoms with Gasteiger partial charge in [0.1, 0.15) is 0 Å². The molecule has 100 valence electrons. The Morgan fingerprint density at radius 3 is 2.61 bits per heavy atom. The zero-order chi connectivity index (χ0) is 13.0. The zero-order valence-electron chi connectivity index (χ0n) is 11.2. The molecule has 1 aliphatic rings. The van der Waals surface area contributed by atoms with Crippen LogP contribution in [0.15, 0.2) is 18.2 Å². The van der Waals surface area contributed by atoms with Crippen molar-refractivity contribution in [2.75, 3.05) is 51.2 Å². The normalized spacial score (nSPS) is 17.2. The lowest BCUT2D eigenvalue weighted by Gasteiger charge is -2.36. The highest BCUT2D eigenvalue weighted by molar-refractivity contribution is 6.30. The Labute approximate surface area is 115 Å². The van der Waals surface area contributed by atoms with Crippen molar-refractivity contribution >= 4 is 17.3 Å². The number of aryl methyl sites for hydroxylation is 1. The summed E-state index contributed by atoms with van der Waals surface area (Å²) in [7, 11) is 2.01. The molecule has 1 aromatic rings. The molecule has 0 aliphatic carbocycles. The van der Waals surface area contributed by atoms with Crippen LogP contribution in [0.1, 0.15) is 5.56 Å². The third-order valence-electron chi connectivity index (χ3n) is 3.56. The van der Waals surface area contributed by atoms with Crippen molar-refractivity contribution in [3.63, 3.8) is 0 Å². The van der Waals surface area contributed by atoms with E-state index in [2.05, 4.69) is 34.2 Å². The van der Waals surface area contributed by atoms with Crippen LogP contribution >= 0.6 is 11.6 Å². The summed E-state index contributed by atoms with van der Waals surface area (Å²) in [6.07, 6.45) is 0. The van der Waals surface area contributed by atoms with Gasteiger partial charge < -0.3 is 10.2 Å². The molecule has 1 saturated heterocycles. The minimum Gasteiger partial charge on any atom is -0.369 e. The molecule has 2 rings (SSSR count). The maximum atomic E-state index is 6.09. The lowest BCUT2D eigenvalue weighted by Crippen LogP contribution is -2.48. The van der Waals surface area contributed by atoms with E-state index in [0.29, 0.717) is 0 Å². The maximum absolute atomic E-state index is 6.09. The Hall–Kier alpha value is -0.770. The van der Waals surface area contributed by atoms with Crippen molar-refractivity contribution in [3.05, 3.63) is 28.8 Å². The average Bonchev–Trinajstić information content (AvgIpc) is 2.40. The second kappa shape index (κ2) is 6.41. The number of hydrogen-bond donors (Lipinski definition) is 1. The predicted octanol–water partition coefficient (Wildman–Crippen LogP) is 1.99. The molecule has 18 heavy (non-hydrogen) atoms. The first-order chi connectivity index (χ1) is 8.70. The van der Waals surface area contributed by atoms with Gasteiger partial charge in [-0.05, 0) is 31.7 Å². The standard InChI is InChI=1S/C14H22ClN3/c1-12-3-4-13(15)11-14(12)18-9-7-17(8-10-18)6-5-16-2/h3-4,11,16H,5-10H2,1-2H3. The first kappa shape index (κ1) is 13.7. The van der Waals surface area contributed by atoms with Gasteiger partial charge in [0.25, 0.3) is 0 Å². The third kappa shape index (κ3) is 3.37. The second-order valence-electron chi connectivity index (χ2n) is 4.86. The van der Waals surface area contributed by atoms with Gasteiger partial charge in [-0.1, -0.05) is 17.7 Å². The molecule has 1 aliphatic heterocycles. The van der Waals surface area contributed by atoms with Crippen molar-refractivity contribution in [3.8, 4) is 0 Å². The summed E-state index contributed by atoms with van der Waals surface area (Å²) >= 11 is 6.09. The Balaban J connectivity index is 1.94. The average molecular weight is 268 g/mol. The Kier molecular flexibility index (Phi) is 4.87. The van der Waals surface area contributed by atoms with Gasteiger partial charge in [0.2, 0.25) is 0 Å². The van der Waals surface area contributed by atoms with E-state index in [-0.39, 0.29) is 0 Å². The number of nitrogens with one attached hydrogen (secondary N) is 1. The summed E-state index contributed by atoms with van der Waals surface area (Å²) in [5, 5.41) is 4.03. The highest BCUT2D eigenvalue weighted by atomic mass is 35.5. The molecule has 0 saturated carbocycles. The van der Waals surface area contributed by atoms with Gasteiger partial charge in [0.15, 0.2) is 0 Å². The molecule has 4 heteroatoms. The lowest BCUT2D eigenvalue weighted by atomic mass is 10.1. The number of halogens is 1. The summed E-state index contributed by atoms with van der Waals surface area (Å²) in [6.45, 7) is 8.80. The molecule has 0 atom stereocenters. The Bertz CT molecular complexity index is 387. The molecule has 1 fully saturated rings. The molecule has 3 nitrogen and oxygen atoms in total. The van der Waals surface area contributed by atoms with Gasteiger partial charge in [-0.25, -0.2) is 0 Å².